The summed E-state index contributed by atoms with van der Waals surface area (Å²) in [7, 11) is 0. The highest BCUT2D eigenvalue weighted by molar-refractivity contribution is 6.31. The Labute approximate surface area is 151 Å². The number of esters is 1. The second-order valence-electron chi connectivity index (χ2n) is 5.80. The molecule has 1 saturated heterocycles. The largest absolute Gasteiger partial charge is 0.422 e. The van der Waals surface area contributed by atoms with Crippen LogP contribution in [0.4, 0.5) is 0 Å². The molecule has 130 valence electrons. The lowest BCUT2D eigenvalue weighted by molar-refractivity contribution is 0.0300. The van der Waals surface area contributed by atoms with E-state index in [1.807, 2.05) is 19.1 Å². The molecule has 6 heteroatoms. The van der Waals surface area contributed by atoms with Crippen molar-refractivity contribution in [1.29, 1.82) is 0 Å². The number of halogens is 1. The van der Waals surface area contributed by atoms with Gasteiger partial charge in [-0.15, -0.1) is 0 Å². The van der Waals surface area contributed by atoms with Gasteiger partial charge in [-0.1, -0.05) is 29.3 Å². The lowest BCUT2D eigenvalue weighted by Crippen LogP contribution is -2.40. The maximum atomic E-state index is 12.8. The van der Waals surface area contributed by atoms with Crippen molar-refractivity contribution in [3.8, 4) is 5.75 Å². The Morgan fingerprint density at radius 2 is 1.76 bits per heavy atom. The molecule has 0 radical (unpaired) electrons. The van der Waals surface area contributed by atoms with Crippen LogP contribution in [-0.2, 0) is 4.74 Å². The van der Waals surface area contributed by atoms with Crippen LogP contribution in [0.15, 0.2) is 42.5 Å². The third-order valence-corrected chi connectivity index (χ3v) is 4.20. The Balaban J connectivity index is 1.84. The van der Waals surface area contributed by atoms with Crippen LogP contribution in [0, 0.1) is 6.92 Å². The summed E-state index contributed by atoms with van der Waals surface area (Å²) in [5, 5.41) is 0.409. The maximum Gasteiger partial charge on any atom is 0.343 e. The molecule has 1 amide bonds. The first kappa shape index (κ1) is 17.5. The van der Waals surface area contributed by atoms with Crippen LogP contribution >= 0.6 is 11.6 Å². The van der Waals surface area contributed by atoms with Crippen LogP contribution in [0.5, 0.6) is 5.75 Å². The molecule has 1 fully saturated rings. The molecule has 1 heterocycles. The van der Waals surface area contributed by atoms with Gasteiger partial charge in [0.05, 0.1) is 24.3 Å². The van der Waals surface area contributed by atoms with Gasteiger partial charge < -0.3 is 14.4 Å². The Bertz CT molecular complexity index is 783. The van der Waals surface area contributed by atoms with E-state index in [1.54, 1.807) is 29.2 Å². The summed E-state index contributed by atoms with van der Waals surface area (Å²) in [5.74, 6) is -0.540. The number of carbonyl (C=O) groups is 2. The predicted octanol–water partition coefficient (Wildman–Crippen LogP) is 3.34. The van der Waals surface area contributed by atoms with Crippen LogP contribution < -0.4 is 4.74 Å². The van der Waals surface area contributed by atoms with Crippen molar-refractivity contribution in [2.45, 2.75) is 6.92 Å². The Kier molecular flexibility index (Phi) is 5.36. The number of rotatable bonds is 3. The van der Waals surface area contributed by atoms with E-state index in [9.17, 15) is 9.59 Å². The minimum absolute atomic E-state index is 0.200. The highest BCUT2D eigenvalue weighted by Crippen LogP contribution is 2.26. The molecule has 0 N–H and O–H groups in total. The summed E-state index contributed by atoms with van der Waals surface area (Å²) in [4.78, 5) is 26.8. The van der Waals surface area contributed by atoms with E-state index in [-0.39, 0.29) is 17.2 Å². The SMILES string of the molecule is Cc1ccc(C(=O)Oc2ccc(Cl)cc2C(=O)N2CCOCC2)cc1. The zero-order valence-electron chi connectivity index (χ0n) is 13.8. The van der Waals surface area contributed by atoms with Crippen molar-refractivity contribution in [3.63, 3.8) is 0 Å². The van der Waals surface area contributed by atoms with E-state index >= 15 is 0 Å². The second kappa shape index (κ2) is 7.68. The van der Waals surface area contributed by atoms with Gasteiger partial charge in [-0.2, -0.15) is 0 Å². The van der Waals surface area contributed by atoms with Crippen molar-refractivity contribution in [3.05, 3.63) is 64.2 Å². The number of carbonyl (C=O) groups excluding carboxylic acids is 2. The average molecular weight is 360 g/mol. The normalized spacial score (nSPS) is 14.2. The van der Waals surface area contributed by atoms with Crippen LogP contribution in [0.1, 0.15) is 26.3 Å². The van der Waals surface area contributed by atoms with Crippen LogP contribution in [0.25, 0.3) is 0 Å². The molecule has 2 aromatic carbocycles. The molecule has 0 unspecified atom stereocenters. The minimum atomic E-state index is -0.515. The van der Waals surface area contributed by atoms with Crippen molar-refractivity contribution in [2.24, 2.45) is 0 Å². The molecule has 1 aliphatic rings. The van der Waals surface area contributed by atoms with Gasteiger partial charge in [-0.05, 0) is 37.3 Å². The quantitative estimate of drug-likeness (QED) is 0.623. The molecule has 1 aliphatic heterocycles. The number of morpholine rings is 1. The number of aryl methyl sites for hydroxylation is 1. The summed E-state index contributed by atoms with van der Waals surface area (Å²) in [6.07, 6.45) is 0. The molecule has 0 spiro atoms. The minimum Gasteiger partial charge on any atom is -0.422 e. The first-order chi connectivity index (χ1) is 12.0. The third kappa shape index (κ3) is 4.18. The highest BCUT2D eigenvalue weighted by Gasteiger charge is 2.23. The van der Waals surface area contributed by atoms with Crippen LogP contribution in [0.2, 0.25) is 5.02 Å². The Morgan fingerprint density at radius 3 is 2.44 bits per heavy atom. The second-order valence-corrected chi connectivity index (χ2v) is 6.24. The summed E-state index contributed by atoms with van der Waals surface area (Å²) < 4.78 is 10.7. The first-order valence-electron chi connectivity index (χ1n) is 8.00. The third-order valence-electron chi connectivity index (χ3n) is 3.96. The van der Waals surface area contributed by atoms with Gasteiger partial charge >= 0.3 is 5.97 Å². The zero-order chi connectivity index (χ0) is 17.8. The number of ether oxygens (including phenoxy) is 2. The number of amides is 1. The van der Waals surface area contributed by atoms with Crippen molar-refractivity contribution in [1.82, 2.24) is 4.90 Å². The lowest BCUT2D eigenvalue weighted by atomic mass is 10.1. The molecular formula is C19H18ClNO4. The molecular weight excluding hydrogens is 342 g/mol. The molecule has 0 aliphatic carbocycles. The van der Waals surface area contributed by atoms with Gasteiger partial charge in [0.25, 0.3) is 5.91 Å². The predicted molar refractivity (Wildman–Crippen MR) is 94.3 cm³/mol. The number of benzene rings is 2. The number of hydrogen-bond donors (Lipinski definition) is 0. The van der Waals surface area contributed by atoms with E-state index in [0.29, 0.717) is 36.9 Å². The topological polar surface area (TPSA) is 55.8 Å². The maximum absolute atomic E-state index is 12.8. The fourth-order valence-corrected chi connectivity index (χ4v) is 2.72. The van der Waals surface area contributed by atoms with E-state index in [2.05, 4.69) is 0 Å². The standard InChI is InChI=1S/C19H18ClNO4/c1-13-2-4-14(5-3-13)19(23)25-17-7-6-15(20)12-16(17)18(22)21-8-10-24-11-9-21/h2-7,12H,8-11H2,1H3. The van der Waals surface area contributed by atoms with Gasteiger partial charge in [0, 0.05) is 18.1 Å². The fraction of sp³-hybridized carbons (Fsp3) is 0.263. The molecule has 25 heavy (non-hydrogen) atoms. The van der Waals surface area contributed by atoms with Crippen LogP contribution in [0.3, 0.4) is 0 Å². The number of hydrogen-bond acceptors (Lipinski definition) is 4. The Hall–Kier alpha value is -2.37. The highest BCUT2D eigenvalue weighted by atomic mass is 35.5. The van der Waals surface area contributed by atoms with Crippen LogP contribution in [-0.4, -0.2) is 43.1 Å². The van der Waals surface area contributed by atoms with Gasteiger partial charge in [-0.3, -0.25) is 4.79 Å². The summed E-state index contributed by atoms with van der Waals surface area (Å²) >= 11 is 6.03. The first-order valence-corrected chi connectivity index (χ1v) is 8.38. The van der Waals surface area contributed by atoms with Gasteiger partial charge in [0.1, 0.15) is 5.75 Å². The number of nitrogens with zero attached hydrogens (tertiary/aromatic N) is 1. The van der Waals surface area contributed by atoms with E-state index in [4.69, 9.17) is 21.1 Å². The fourth-order valence-electron chi connectivity index (χ4n) is 2.54. The van der Waals surface area contributed by atoms with E-state index in [1.165, 1.54) is 6.07 Å². The molecule has 3 rings (SSSR count). The summed E-state index contributed by atoms with van der Waals surface area (Å²) in [6, 6.07) is 11.7. The molecule has 0 saturated carbocycles. The summed E-state index contributed by atoms with van der Waals surface area (Å²) in [5.41, 5.74) is 1.74. The molecule has 5 nitrogen and oxygen atoms in total. The van der Waals surface area contributed by atoms with Crippen molar-refractivity contribution < 1.29 is 19.1 Å². The zero-order valence-corrected chi connectivity index (χ0v) is 14.6. The smallest absolute Gasteiger partial charge is 0.343 e. The Morgan fingerprint density at radius 1 is 1.08 bits per heavy atom. The molecule has 0 bridgehead atoms. The van der Waals surface area contributed by atoms with Crippen molar-refractivity contribution in [2.75, 3.05) is 26.3 Å². The monoisotopic (exact) mass is 359 g/mol. The van der Waals surface area contributed by atoms with Crippen molar-refractivity contribution >= 4 is 23.5 Å². The van der Waals surface area contributed by atoms with Gasteiger partial charge in [0.15, 0.2) is 0 Å². The molecule has 0 atom stereocenters. The molecule has 0 aromatic heterocycles. The lowest BCUT2D eigenvalue weighted by Gasteiger charge is -2.27. The van der Waals surface area contributed by atoms with E-state index < -0.39 is 5.97 Å². The van der Waals surface area contributed by atoms with E-state index in [0.717, 1.165) is 5.56 Å². The molecule has 2 aromatic rings. The van der Waals surface area contributed by atoms with Gasteiger partial charge in [-0.25, -0.2) is 4.79 Å². The average Bonchev–Trinajstić information content (AvgIpc) is 2.64. The van der Waals surface area contributed by atoms with Gasteiger partial charge in [0.2, 0.25) is 0 Å². The summed E-state index contributed by atoms with van der Waals surface area (Å²) in [6.45, 7) is 3.91.